The van der Waals surface area contributed by atoms with E-state index < -0.39 is 5.95 Å². The summed E-state index contributed by atoms with van der Waals surface area (Å²) in [5.41, 5.74) is 4.97. The van der Waals surface area contributed by atoms with E-state index in [4.69, 9.17) is 19.3 Å². The standard InChI is InChI=1S/C26H28FN5O3/c1-15-13-29-30-16(2)23(15)17(3)35-20-10-9-19-24(26(20)33-4)25(18-8-11-21(27)28-14-18)31-32(19)22-7-5-6-12-34-22/h8-11,13-14,17,22H,5-7,12H2,1-4H3. The normalized spacial score (nSPS) is 16.9. The zero-order valence-corrected chi connectivity index (χ0v) is 20.3. The molecule has 0 N–H and O–H groups in total. The van der Waals surface area contributed by atoms with Crippen molar-refractivity contribution in [3.63, 3.8) is 0 Å². The maximum absolute atomic E-state index is 13.6. The third-order valence-electron chi connectivity index (χ3n) is 6.41. The van der Waals surface area contributed by atoms with Crippen LogP contribution in [0.1, 0.15) is 55.3 Å². The van der Waals surface area contributed by atoms with E-state index in [9.17, 15) is 4.39 Å². The highest BCUT2D eigenvalue weighted by Crippen LogP contribution is 2.44. The lowest BCUT2D eigenvalue weighted by Crippen LogP contribution is -2.19. The molecule has 0 radical (unpaired) electrons. The Kier molecular flexibility index (Phi) is 6.34. The van der Waals surface area contributed by atoms with Gasteiger partial charge >= 0.3 is 0 Å². The molecule has 1 aromatic carbocycles. The summed E-state index contributed by atoms with van der Waals surface area (Å²) >= 11 is 0. The molecule has 0 spiro atoms. The third-order valence-corrected chi connectivity index (χ3v) is 6.41. The van der Waals surface area contributed by atoms with Gasteiger partial charge in [-0.1, -0.05) is 0 Å². The van der Waals surface area contributed by atoms with E-state index in [2.05, 4.69) is 15.2 Å². The lowest BCUT2D eigenvalue weighted by Gasteiger charge is -2.24. The summed E-state index contributed by atoms with van der Waals surface area (Å²) in [7, 11) is 1.61. The number of pyridine rings is 1. The number of fused-ring (bicyclic) bond motifs is 1. The quantitative estimate of drug-likeness (QED) is 0.339. The number of hydrogen-bond donors (Lipinski definition) is 0. The van der Waals surface area contributed by atoms with Crippen molar-refractivity contribution in [3.05, 3.63) is 59.4 Å². The fourth-order valence-corrected chi connectivity index (χ4v) is 4.81. The molecule has 182 valence electrons. The van der Waals surface area contributed by atoms with Gasteiger partial charge in [0.1, 0.15) is 11.8 Å². The summed E-state index contributed by atoms with van der Waals surface area (Å²) < 4.78 is 33.8. The van der Waals surface area contributed by atoms with Gasteiger partial charge in [-0.3, -0.25) is 0 Å². The van der Waals surface area contributed by atoms with Crippen LogP contribution >= 0.6 is 0 Å². The minimum atomic E-state index is -0.547. The predicted molar refractivity (Wildman–Crippen MR) is 129 cm³/mol. The van der Waals surface area contributed by atoms with E-state index in [1.54, 1.807) is 19.4 Å². The number of aryl methyl sites for hydroxylation is 2. The molecular formula is C26H28FN5O3. The lowest BCUT2D eigenvalue weighted by molar-refractivity contribution is -0.0365. The average Bonchev–Trinajstić information content (AvgIpc) is 3.24. The maximum atomic E-state index is 13.6. The van der Waals surface area contributed by atoms with Gasteiger partial charge in [0.15, 0.2) is 17.7 Å². The Hall–Kier alpha value is -3.59. The summed E-state index contributed by atoms with van der Waals surface area (Å²) in [6.07, 6.45) is 5.70. The number of ether oxygens (including phenoxy) is 3. The molecule has 1 saturated heterocycles. The fraction of sp³-hybridized carbons (Fsp3) is 0.385. The first-order chi connectivity index (χ1) is 17.0. The number of aromatic nitrogens is 5. The van der Waals surface area contributed by atoms with E-state index in [0.29, 0.717) is 29.4 Å². The van der Waals surface area contributed by atoms with Crippen molar-refractivity contribution in [1.82, 2.24) is 25.0 Å². The molecule has 0 amide bonds. The zero-order chi connectivity index (χ0) is 24.5. The topological polar surface area (TPSA) is 84.2 Å². The Balaban J connectivity index is 1.65. The Morgan fingerprint density at radius 3 is 2.69 bits per heavy atom. The molecule has 4 heterocycles. The first-order valence-electron chi connectivity index (χ1n) is 11.8. The average molecular weight is 478 g/mol. The highest BCUT2D eigenvalue weighted by Gasteiger charge is 2.26. The van der Waals surface area contributed by atoms with Crippen molar-refractivity contribution < 1.29 is 18.6 Å². The van der Waals surface area contributed by atoms with Crippen molar-refractivity contribution in [2.24, 2.45) is 0 Å². The number of hydrogen-bond acceptors (Lipinski definition) is 7. The summed E-state index contributed by atoms with van der Waals surface area (Å²) in [6, 6.07) is 6.86. The summed E-state index contributed by atoms with van der Waals surface area (Å²) in [4.78, 5) is 3.84. The van der Waals surface area contributed by atoms with Crippen molar-refractivity contribution in [2.45, 2.75) is 52.4 Å². The molecule has 3 aromatic heterocycles. The molecule has 1 aliphatic rings. The molecule has 5 rings (SSSR count). The Labute approximate surface area is 203 Å². The van der Waals surface area contributed by atoms with E-state index in [-0.39, 0.29) is 12.3 Å². The molecule has 1 aliphatic heterocycles. The van der Waals surface area contributed by atoms with Crippen LogP contribution in [0.15, 0.2) is 36.7 Å². The van der Waals surface area contributed by atoms with E-state index >= 15 is 0 Å². The second-order valence-electron chi connectivity index (χ2n) is 8.76. The van der Waals surface area contributed by atoms with Gasteiger partial charge in [0.2, 0.25) is 5.95 Å². The van der Waals surface area contributed by atoms with Crippen molar-refractivity contribution in [2.75, 3.05) is 13.7 Å². The van der Waals surface area contributed by atoms with Gasteiger partial charge in [0.25, 0.3) is 0 Å². The van der Waals surface area contributed by atoms with Crippen LogP contribution in [-0.4, -0.2) is 38.7 Å². The van der Waals surface area contributed by atoms with Crippen LogP contribution in [0.4, 0.5) is 4.39 Å². The van der Waals surface area contributed by atoms with Gasteiger partial charge in [0, 0.05) is 23.9 Å². The molecule has 0 bridgehead atoms. The van der Waals surface area contributed by atoms with Gasteiger partial charge in [-0.05, 0) is 69.9 Å². The zero-order valence-electron chi connectivity index (χ0n) is 20.3. The van der Waals surface area contributed by atoms with Crippen LogP contribution in [0.3, 0.4) is 0 Å². The molecule has 1 fully saturated rings. The number of benzene rings is 1. The number of methoxy groups -OCH3 is 1. The molecule has 0 aliphatic carbocycles. The smallest absolute Gasteiger partial charge is 0.212 e. The second kappa shape index (κ2) is 9.58. The summed E-state index contributed by atoms with van der Waals surface area (Å²) in [6.45, 7) is 6.58. The van der Waals surface area contributed by atoms with Crippen LogP contribution in [0.25, 0.3) is 22.2 Å². The Morgan fingerprint density at radius 1 is 1.14 bits per heavy atom. The molecule has 8 nitrogen and oxygen atoms in total. The molecule has 35 heavy (non-hydrogen) atoms. The maximum Gasteiger partial charge on any atom is 0.212 e. The lowest BCUT2D eigenvalue weighted by atomic mass is 10.0. The van der Waals surface area contributed by atoms with E-state index in [0.717, 1.165) is 47.0 Å². The first-order valence-corrected chi connectivity index (χ1v) is 11.8. The van der Waals surface area contributed by atoms with Crippen LogP contribution in [0.5, 0.6) is 11.5 Å². The van der Waals surface area contributed by atoms with Crippen molar-refractivity contribution in [3.8, 4) is 22.8 Å². The number of halogens is 1. The Morgan fingerprint density at radius 2 is 2.00 bits per heavy atom. The highest BCUT2D eigenvalue weighted by atomic mass is 19.1. The minimum absolute atomic E-state index is 0.183. The monoisotopic (exact) mass is 477 g/mol. The molecule has 9 heteroatoms. The summed E-state index contributed by atoms with van der Waals surface area (Å²) in [5, 5.41) is 13.9. The van der Waals surface area contributed by atoms with E-state index in [1.165, 1.54) is 12.3 Å². The summed E-state index contributed by atoms with van der Waals surface area (Å²) in [5.74, 6) is 0.575. The number of rotatable bonds is 6. The fourth-order valence-electron chi connectivity index (χ4n) is 4.81. The van der Waals surface area contributed by atoms with Gasteiger partial charge in [-0.25, -0.2) is 9.67 Å². The molecule has 4 aromatic rings. The SMILES string of the molecule is COc1c(OC(C)c2c(C)cnnc2C)ccc2c1c(-c1ccc(F)nc1)nn2C1CCCCO1. The molecular weight excluding hydrogens is 449 g/mol. The highest BCUT2D eigenvalue weighted by molar-refractivity contribution is 5.99. The van der Waals surface area contributed by atoms with Gasteiger partial charge in [-0.2, -0.15) is 19.7 Å². The third kappa shape index (κ3) is 4.32. The molecule has 2 atom stereocenters. The molecule has 0 saturated carbocycles. The van der Waals surface area contributed by atoms with Gasteiger partial charge in [0.05, 0.1) is 29.9 Å². The second-order valence-corrected chi connectivity index (χ2v) is 8.76. The van der Waals surface area contributed by atoms with E-state index in [1.807, 2.05) is 37.6 Å². The van der Waals surface area contributed by atoms with Crippen LogP contribution in [0, 0.1) is 19.8 Å². The largest absolute Gasteiger partial charge is 0.492 e. The van der Waals surface area contributed by atoms with Crippen LogP contribution < -0.4 is 9.47 Å². The van der Waals surface area contributed by atoms with Crippen molar-refractivity contribution >= 4 is 10.9 Å². The molecule has 2 unspecified atom stereocenters. The predicted octanol–water partition coefficient (Wildman–Crippen LogP) is 5.49. The minimum Gasteiger partial charge on any atom is -0.492 e. The first kappa shape index (κ1) is 23.2. The van der Waals surface area contributed by atoms with Crippen molar-refractivity contribution in [1.29, 1.82) is 0 Å². The van der Waals surface area contributed by atoms with Crippen LogP contribution in [-0.2, 0) is 4.74 Å². The van der Waals surface area contributed by atoms with Crippen LogP contribution in [0.2, 0.25) is 0 Å². The number of nitrogens with zero attached hydrogens (tertiary/aromatic N) is 5. The Bertz CT molecular complexity index is 1330. The van der Waals surface area contributed by atoms with Gasteiger partial charge in [-0.15, -0.1) is 0 Å². The van der Waals surface area contributed by atoms with Gasteiger partial charge < -0.3 is 14.2 Å².